The number of carbonyl (C=O) groups is 1. The van der Waals surface area contributed by atoms with Gasteiger partial charge in [0.1, 0.15) is 0 Å². The number of benzene rings is 2. The summed E-state index contributed by atoms with van der Waals surface area (Å²) in [5.74, 6) is -1.32. The fourth-order valence-corrected chi connectivity index (χ4v) is 3.68. The molecule has 162 valence electrons. The zero-order valence-corrected chi connectivity index (χ0v) is 18.0. The summed E-state index contributed by atoms with van der Waals surface area (Å²) >= 11 is 0. The third kappa shape index (κ3) is 6.09. The van der Waals surface area contributed by atoms with Crippen LogP contribution in [0.4, 0.5) is 8.78 Å². The first-order valence-electron chi connectivity index (χ1n) is 10.6. The normalized spacial score (nSPS) is 16.6. The molecule has 0 bridgehead atoms. The van der Waals surface area contributed by atoms with E-state index in [-0.39, 0.29) is 11.9 Å². The lowest BCUT2D eigenvalue weighted by atomic mass is 10.0. The minimum atomic E-state index is -0.809. The molecule has 4 nitrogen and oxygen atoms in total. The number of carbonyl (C=O) groups excluding carboxylic acids is 1. The molecule has 30 heavy (non-hydrogen) atoms. The maximum atomic E-state index is 13.4. The lowest BCUT2D eigenvalue weighted by molar-refractivity contribution is 0.0861. The van der Waals surface area contributed by atoms with Gasteiger partial charge in [-0.1, -0.05) is 37.6 Å². The summed E-state index contributed by atoms with van der Waals surface area (Å²) in [5, 5.41) is 3.19. The Morgan fingerprint density at radius 1 is 0.967 bits per heavy atom. The second-order valence-electron chi connectivity index (χ2n) is 8.52. The van der Waals surface area contributed by atoms with E-state index in [1.54, 1.807) is 6.07 Å². The van der Waals surface area contributed by atoms with Crippen LogP contribution in [0.15, 0.2) is 42.5 Å². The molecule has 0 spiro atoms. The van der Waals surface area contributed by atoms with Crippen LogP contribution >= 0.6 is 0 Å². The summed E-state index contributed by atoms with van der Waals surface area (Å²) in [6.07, 6.45) is 0. The van der Waals surface area contributed by atoms with Crippen molar-refractivity contribution in [2.45, 2.75) is 33.4 Å². The Hall–Kier alpha value is -2.31. The summed E-state index contributed by atoms with van der Waals surface area (Å²) in [4.78, 5) is 17.2. The van der Waals surface area contributed by atoms with Gasteiger partial charge in [0, 0.05) is 50.9 Å². The van der Waals surface area contributed by atoms with Crippen LogP contribution in [0.3, 0.4) is 0 Å². The summed E-state index contributed by atoms with van der Waals surface area (Å²) < 4.78 is 26.5. The van der Waals surface area contributed by atoms with E-state index in [9.17, 15) is 13.6 Å². The summed E-state index contributed by atoms with van der Waals surface area (Å²) in [5.41, 5.74) is 2.60. The molecule has 0 radical (unpaired) electrons. The third-order valence-electron chi connectivity index (χ3n) is 5.74. The fourth-order valence-electron chi connectivity index (χ4n) is 3.68. The van der Waals surface area contributed by atoms with Crippen molar-refractivity contribution in [1.82, 2.24) is 15.1 Å². The Bertz CT molecular complexity index is 846. The molecule has 1 fully saturated rings. The van der Waals surface area contributed by atoms with E-state index < -0.39 is 11.6 Å². The van der Waals surface area contributed by atoms with E-state index in [2.05, 4.69) is 29.0 Å². The number of rotatable bonds is 7. The SMILES string of the molecule is Cc1ccc(C(=O)N[C@@H](CN2CCN(Cc3ccc(F)c(F)c3)CC2)C(C)C)cc1. The van der Waals surface area contributed by atoms with Gasteiger partial charge < -0.3 is 5.32 Å². The van der Waals surface area contributed by atoms with Gasteiger partial charge in [-0.05, 0) is 42.7 Å². The van der Waals surface area contributed by atoms with Gasteiger partial charge in [-0.25, -0.2) is 8.78 Å². The van der Waals surface area contributed by atoms with Crippen molar-refractivity contribution in [3.05, 3.63) is 70.8 Å². The monoisotopic (exact) mass is 415 g/mol. The molecule has 6 heteroatoms. The number of hydrogen-bond acceptors (Lipinski definition) is 3. The second kappa shape index (κ2) is 10.1. The Morgan fingerprint density at radius 2 is 1.60 bits per heavy atom. The molecule has 1 saturated heterocycles. The van der Waals surface area contributed by atoms with Crippen molar-refractivity contribution in [1.29, 1.82) is 0 Å². The smallest absolute Gasteiger partial charge is 0.251 e. The van der Waals surface area contributed by atoms with E-state index in [1.165, 1.54) is 12.1 Å². The van der Waals surface area contributed by atoms with E-state index in [1.807, 2.05) is 31.2 Å². The zero-order chi connectivity index (χ0) is 21.7. The average Bonchev–Trinajstić information content (AvgIpc) is 2.72. The highest BCUT2D eigenvalue weighted by Gasteiger charge is 2.23. The number of nitrogens with zero attached hydrogens (tertiary/aromatic N) is 2. The largest absolute Gasteiger partial charge is 0.348 e. The van der Waals surface area contributed by atoms with Crippen molar-refractivity contribution in [2.75, 3.05) is 32.7 Å². The van der Waals surface area contributed by atoms with Crippen LogP contribution in [0.2, 0.25) is 0 Å². The van der Waals surface area contributed by atoms with Crippen LogP contribution in [-0.2, 0) is 6.54 Å². The Kier molecular flexibility index (Phi) is 7.56. The average molecular weight is 416 g/mol. The van der Waals surface area contributed by atoms with Gasteiger partial charge >= 0.3 is 0 Å². The third-order valence-corrected chi connectivity index (χ3v) is 5.74. The molecule has 1 atom stereocenters. The van der Waals surface area contributed by atoms with Crippen molar-refractivity contribution < 1.29 is 13.6 Å². The maximum absolute atomic E-state index is 13.4. The lowest BCUT2D eigenvalue weighted by Gasteiger charge is -2.37. The molecule has 1 N–H and O–H groups in total. The van der Waals surface area contributed by atoms with Crippen LogP contribution in [0.1, 0.15) is 35.3 Å². The minimum Gasteiger partial charge on any atom is -0.348 e. The van der Waals surface area contributed by atoms with Gasteiger partial charge in [0.2, 0.25) is 0 Å². The number of piperazine rings is 1. The molecule has 1 heterocycles. The minimum absolute atomic E-state index is 0.0364. The zero-order valence-electron chi connectivity index (χ0n) is 18.0. The number of halogens is 2. The first kappa shape index (κ1) is 22.4. The molecule has 0 aromatic heterocycles. The molecule has 1 amide bonds. The van der Waals surface area contributed by atoms with Crippen molar-refractivity contribution >= 4 is 5.91 Å². The molecular weight excluding hydrogens is 384 g/mol. The molecule has 2 aromatic rings. The summed E-state index contributed by atoms with van der Waals surface area (Å²) in [6.45, 7) is 11.1. The molecule has 0 aliphatic carbocycles. The molecule has 1 aliphatic rings. The van der Waals surface area contributed by atoms with Gasteiger partial charge in [0.25, 0.3) is 5.91 Å². The van der Waals surface area contributed by atoms with Gasteiger partial charge in [-0.15, -0.1) is 0 Å². The number of hydrogen-bond donors (Lipinski definition) is 1. The summed E-state index contributed by atoms with van der Waals surface area (Å²) in [7, 11) is 0. The van der Waals surface area contributed by atoms with Crippen molar-refractivity contribution in [3.8, 4) is 0 Å². The maximum Gasteiger partial charge on any atom is 0.251 e. The van der Waals surface area contributed by atoms with Crippen LogP contribution in [0.25, 0.3) is 0 Å². The van der Waals surface area contributed by atoms with E-state index in [0.717, 1.165) is 43.9 Å². The predicted molar refractivity (Wildman–Crippen MR) is 115 cm³/mol. The number of nitrogens with one attached hydrogen (secondary N) is 1. The molecule has 0 saturated carbocycles. The molecule has 2 aromatic carbocycles. The van der Waals surface area contributed by atoms with Crippen LogP contribution in [0.5, 0.6) is 0 Å². The van der Waals surface area contributed by atoms with Gasteiger partial charge in [-0.3, -0.25) is 14.6 Å². The quantitative estimate of drug-likeness (QED) is 0.746. The van der Waals surface area contributed by atoms with E-state index >= 15 is 0 Å². The van der Waals surface area contributed by atoms with Gasteiger partial charge in [0.05, 0.1) is 0 Å². The van der Waals surface area contributed by atoms with Gasteiger partial charge in [-0.2, -0.15) is 0 Å². The first-order valence-corrected chi connectivity index (χ1v) is 10.6. The highest BCUT2D eigenvalue weighted by Crippen LogP contribution is 2.14. The topological polar surface area (TPSA) is 35.6 Å². The van der Waals surface area contributed by atoms with Crippen molar-refractivity contribution in [2.24, 2.45) is 5.92 Å². The van der Waals surface area contributed by atoms with Crippen LogP contribution < -0.4 is 5.32 Å². The number of aryl methyl sites for hydroxylation is 1. The molecule has 0 unspecified atom stereocenters. The number of amides is 1. The predicted octanol–water partition coefficient (Wildman–Crippen LogP) is 3.85. The highest BCUT2D eigenvalue weighted by molar-refractivity contribution is 5.94. The molecule has 3 rings (SSSR count). The van der Waals surface area contributed by atoms with E-state index in [0.29, 0.717) is 18.0 Å². The summed E-state index contributed by atoms with van der Waals surface area (Å²) in [6, 6.07) is 11.8. The Morgan fingerprint density at radius 3 is 2.20 bits per heavy atom. The fraction of sp³-hybridized carbons (Fsp3) is 0.458. The Balaban J connectivity index is 1.50. The van der Waals surface area contributed by atoms with E-state index in [4.69, 9.17) is 0 Å². The lowest BCUT2D eigenvalue weighted by Crippen LogP contribution is -2.52. The standard InChI is InChI=1S/C24H31F2N3O/c1-17(2)23(27-24(30)20-7-4-18(3)5-8-20)16-29-12-10-28(11-13-29)15-19-6-9-21(25)22(26)14-19/h4-9,14,17,23H,10-13,15-16H2,1-3H3,(H,27,30)/t23-/m0/s1. The second-order valence-corrected chi connectivity index (χ2v) is 8.52. The highest BCUT2D eigenvalue weighted by atomic mass is 19.2. The van der Waals surface area contributed by atoms with Crippen LogP contribution in [0, 0.1) is 24.5 Å². The van der Waals surface area contributed by atoms with Crippen LogP contribution in [-0.4, -0.2) is 54.5 Å². The Labute approximate surface area is 177 Å². The van der Waals surface area contributed by atoms with Gasteiger partial charge in [0.15, 0.2) is 11.6 Å². The first-order chi connectivity index (χ1) is 14.3. The molecular formula is C24H31F2N3O. The molecule has 1 aliphatic heterocycles. The van der Waals surface area contributed by atoms with Crippen molar-refractivity contribution in [3.63, 3.8) is 0 Å².